The maximum absolute atomic E-state index is 6.63. The summed E-state index contributed by atoms with van der Waals surface area (Å²) in [6.07, 6.45) is 7.59. The second kappa shape index (κ2) is 11.2. The molecule has 0 amide bonds. The number of fused-ring (bicyclic) bond motifs is 3. The molecule has 40 heavy (non-hydrogen) atoms. The van der Waals surface area contributed by atoms with Gasteiger partial charge in [0.25, 0.3) is 0 Å². The molecular weight excluding hydrogens is 516 g/mol. The zero-order valence-corrected chi connectivity index (χ0v) is 23.8. The van der Waals surface area contributed by atoms with Gasteiger partial charge in [0.15, 0.2) is 11.5 Å². The van der Waals surface area contributed by atoms with Gasteiger partial charge in [-0.1, -0.05) is 83.4 Å². The molecule has 0 aromatic heterocycles. The minimum atomic E-state index is 0.271. The number of para-hydroxylation sites is 1. The van der Waals surface area contributed by atoms with Crippen molar-refractivity contribution in [1.82, 2.24) is 0 Å². The number of nitrogens with zero attached hydrogens (tertiary/aromatic N) is 1. The van der Waals surface area contributed by atoms with E-state index >= 15 is 0 Å². The smallest absolute Gasteiger partial charge is 0.180 e. The van der Waals surface area contributed by atoms with E-state index in [9.17, 15) is 0 Å². The molecule has 1 aliphatic heterocycles. The second-order valence-corrected chi connectivity index (χ2v) is 11.1. The summed E-state index contributed by atoms with van der Waals surface area (Å²) >= 11 is 6.63. The highest BCUT2D eigenvalue weighted by molar-refractivity contribution is 6.32. The number of aliphatic imine (C=N–C) groups is 1. The first-order chi connectivity index (χ1) is 19.5. The number of aryl methyl sites for hydroxylation is 2. The molecule has 6 rings (SSSR count). The first-order valence-electron chi connectivity index (χ1n) is 13.7. The van der Waals surface area contributed by atoms with E-state index in [-0.39, 0.29) is 6.04 Å². The Morgan fingerprint density at radius 3 is 2.52 bits per heavy atom. The summed E-state index contributed by atoms with van der Waals surface area (Å²) in [5.41, 5.74) is 9.14. The van der Waals surface area contributed by atoms with Gasteiger partial charge in [0, 0.05) is 17.8 Å². The average Bonchev–Trinajstić information content (AvgIpc) is 3.45. The number of methoxy groups -OCH3 is 1. The van der Waals surface area contributed by atoms with Crippen LogP contribution < -0.4 is 14.8 Å². The van der Waals surface area contributed by atoms with E-state index in [1.165, 1.54) is 27.9 Å². The Kier molecular flexibility index (Phi) is 7.36. The topological polar surface area (TPSA) is 42.8 Å². The third kappa shape index (κ3) is 5.37. The highest BCUT2D eigenvalue weighted by Gasteiger charge is 2.37. The van der Waals surface area contributed by atoms with Gasteiger partial charge in [-0.2, -0.15) is 0 Å². The third-order valence-corrected chi connectivity index (χ3v) is 8.08. The molecule has 1 N–H and O–H groups in total. The summed E-state index contributed by atoms with van der Waals surface area (Å²) < 4.78 is 11.7. The van der Waals surface area contributed by atoms with Crippen molar-refractivity contribution in [1.29, 1.82) is 0 Å². The van der Waals surface area contributed by atoms with Crippen LogP contribution in [0.25, 0.3) is 0 Å². The van der Waals surface area contributed by atoms with Gasteiger partial charge in [0.1, 0.15) is 6.61 Å². The lowest BCUT2D eigenvalue weighted by Gasteiger charge is -2.37. The molecule has 0 bridgehead atoms. The van der Waals surface area contributed by atoms with E-state index in [1.807, 2.05) is 18.3 Å². The van der Waals surface area contributed by atoms with Crippen LogP contribution in [0.2, 0.25) is 5.02 Å². The number of halogens is 1. The van der Waals surface area contributed by atoms with Crippen LogP contribution in [-0.2, 0) is 6.61 Å². The van der Waals surface area contributed by atoms with Crippen molar-refractivity contribution < 1.29 is 9.47 Å². The van der Waals surface area contributed by atoms with Crippen molar-refractivity contribution in [3.63, 3.8) is 0 Å². The predicted molar refractivity (Wildman–Crippen MR) is 165 cm³/mol. The first-order valence-corrected chi connectivity index (χ1v) is 14.1. The molecule has 4 aromatic rings. The molecule has 0 unspecified atom stereocenters. The normalized spacial score (nSPS) is 19.2. The van der Waals surface area contributed by atoms with E-state index in [1.54, 1.807) is 7.11 Å². The molecule has 4 aromatic carbocycles. The Labute approximate surface area is 241 Å². The predicted octanol–water partition coefficient (Wildman–Crippen LogP) is 9.12. The van der Waals surface area contributed by atoms with Crippen LogP contribution in [0.1, 0.15) is 51.8 Å². The average molecular weight is 549 g/mol. The van der Waals surface area contributed by atoms with Crippen LogP contribution in [0, 0.1) is 19.8 Å². The quantitative estimate of drug-likeness (QED) is 0.185. The zero-order valence-electron chi connectivity index (χ0n) is 23.0. The molecule has 1 heterocycles. The van der Waals surface area contributed by atoms with Gasteiger partial charge < -0.3 is 14.8 Å². The molecule has 202 valence electrons. The fourth-order valence-corrected chi connectivity index (χ4v) is 6.33. The van der Waals surface area contributed by atoms with E-state index in [0.29, 0.717) is 35.0 Å². The molecule has 0 radical (unpaired) electrons. The Bertz CT molecular complexity index is 1570. The van der Waals surface area contributed by atoms with Gasteiger partial charge >= 0.3 is 0 Å². The fraction of sp³-hybridized carbons (Fsp3) is 0.229. The van der Waals surface area contributed by atoms with E-state index < -0.39 is 0 Å². The van der Waals surface area contributed by atoms with Crippen molar-refractivity contribution in [3.05, 3.63) is 129 Å². The molecular formula is C35H33ClN2O2. The lowest BCUT2D eigenvalue weighted by Crippen LogP contribution is -2.28. The van der Waals surface area contributed by atoms with Gasteiger partial charge in [-0.25, -0.2) is 0 Å². The Morgan fingerprint density at radius 2 is 1.75 bits per heavy atom. The van der Waals surface area contributed by atoms with Crippen molar-refractivity contribution in [3.8, 4) is 11.5 Å². The van der Waals surface area contributed by atoms with Crippen molar-refractivity contribution in [2.24, 2.45) is 10.9 Å². The molecule has 5 heteroatoms. The molecule has 4 nitrogen and oxygen atoms in total. The minimum absolute atomic E-state index is 0.271. The van der Waals surface area contributed by atoms with Crippen molar-refractivity contribution in [2.75, 3.05) is 12.4 Å². The standard InChI is InChI=1S/C35H33ClN2O2/c1-22-15-23(2)17-25(16-22)21-40-35-31(36)18-24(19-33(35)39-3)20-37-27-13-11-26(12-14-27)34-30-9-6-8-28(30)29-7-4-5-10-32(29)38-34/h4-8,10-20,28,30,34,38H,9,21H2,1-3H3/t28-,30-,34+/m1/s1. The SMILES string of the molecule is COc1cc(C=Nc2ccc([C@@H]3Nc4ccccc4[C@H]4C=CC[C@H]43)cc2)cc(Cl)c1OCc1cc(C)cc(C)c1. The minimum Gasteiger partial charge on any atom is -0.493 e. The Balaban J connectivity index is 1.17. The second-order valence-electron chi connectivity index (χ2n) is 10.7. The van der Waals surface area contributed by atoms with Crippen LogP contribution in [0.5, 0.6) is 11.5 Å². The molecule has 0 saturated heterocycles. The lowest BCUT2D eigenvalue weighted by atomic mass is 9.77. The summed E-state index contributed by atoms with van der Waals surface area (Å²) in [5, 5.41) is 4.28. The fourth-order valence-electron chi connectivity index (χ4n) is 6.05. The van der Waals surface area contributed by atoms with Crippen LogP contribution in [0.4, 0.5) is 11.4 Å². The number of benzene rings is 4. The lowest BCUT2D eigenvalue weighted by molar-refractivity contribution is 0.284. The maximum Gasteiger partial charge on any atom is 0.180 e. The molecule has 0 fully saturated rings. The molecule has 3 atom stereocenters. The van der Waals surface area contributed by atoms with Gasteiger partial charge in [-0.3, -0.25) is 4.99 Å². The van der Waals surface area contributed by atoms with Gasteiger partial charge in [-0.05, 0) is 78.8 Å². The van der Waals surface area contributed by atoms with Gasteiger partial charge in [-0.15, -0.1) is 0 Å². The summed E-state index contributed by atoms with van der Waals surface area (Å²) in [5.74, 6) is 2.10. The molecule has 0 spiro atoms. The van der Waals surface area contributed by atoms with Gasteiger partial charge in [0.2, 0.25) is 0 Å². The van der Waals surface area contributed by atoms with Gasteiger partial charge in [0.05, 0.1) is 23.9 Å². The Morgan fingerprint density at radius 1 is 0.975 bits per heavy atom. The number of hydrogen-bond donors (Lipinski definition) is 1. The highest BCUT2D eigenvalue weighted by atomic mass is 35.5. The van der Waals surface area contributed by atoms with E-state index in [0.717, 1.165) is 23.2 Å². The first kappa shape index (κ1) is 26.2. The third-order valence-electron chi connectivity index (χ3n) is 7.80. The molecule has 2 aliphatic rings. The highest BCUT2D eigenvalue weighted by Crippen LogP contribution is 2.49. The van der Waals surface area contributed by atoms with Crippen LogP contribution in [-0.4, -0.2) is 13.3 Å². The van der Waals surface area contributed by atoms with Crippen LogP contribution in [0.15, 0.2) is 96.0 Å². The molecule has 1 aliphatic carbocycles. The number of allylic oxidation sites excluding steroid dienone is 2. The van der Waals surface area contributed by atoms with Crippen molar-refractivity contribution >= 4 is 29.2 Å². The number of ether oxygens (including phenoxy) is 2. The van der Waals surface area contributed by atoms with Crippen LogP contribution in [0.3, 0.4) is 0 Å². The number of nitrogens with one attached hydrogen (secondary N) is 1. The number of anilines is 1. The summed E-state index contributed by atoms with van der Waals surface area (Å²) in [6.45, 7) is 4.58. The monoisotopic (exact) mass is 548 g/mol. The van der Waals surface area contributed by atoms with Crippen molar-refractivity contribution in [2.45, 2.75) is 38.8 Å². The van der Waals surface area contributed by atoms with E-state index in [2.05, 4.69) is 98.0 Å². The maximum atomic E-state index is 6.63. The van der Waals surface area contributed by atoms with E-state index in [4.69, 9.17) is 26.1 Å². The zero-order chi connectivity index (χ0) is 27.6. The number of hydrogen-bond acceptors (Lipinski definition) is 4. The largest absolute Gasteiger partial charge is 0.493 e. The summed E-state index contributed by atoms with van der Waals surface area (Å²) in [4.78, 5) is 4.71. The summed E-state index contributed by atoms with van der Waals surface area (Å²) in [7, 11) is 1.62. The molecule has 0 saturated carbocycles. The number of rotatable bonds is 7. The van der Waals surface area contributed by atoms with Crippen LogP contribution >= 0.6 is 11.6 Å². The Hall–Kier alpha value is -4.02. The summed E-state index contributed by atoms with van der Waals surface area (Å²) in [6, 6.07) is 27.6.